The first-order chi connectivity index (χ1) is 9.11. The van der Waals surface area contributed by atoms with E-state index < -0.39 is 4.92 Å². The normalized spacial score (nSPS) is 11.2. The fourth-order valence-corrected chi connectivity index (χ4v) is 1.65. The number of nitro groups is 1. The number of H-pyrrole nitrogens is 1. The average molecular weight is 281 g/mol. The lowest BCUT2D eigenvalue weighted by atomic mass is 10.3. The van der Waals surface area contributed by atoms with Crippen LogP contribution in [0.15, 0.2) is 21.7 Å². The molecule has 0 saturated carbocycles. The SMILES string of the molecule is CCCc1n[nH]c(=S)n1/N=C\c1ccc([N+](=O)[O-])o1. The molecule has 0 radical (unpaired) electrons. The topological polar surface area (TPSA) is 102 Å². The van der Waals surface area contributed by atoms with E-state index in [2.05, 4.69) is 15.3 Å². The van der Waals surface area contributed by atoms with E-state index in [-0.39, 0.29) is 11.6 Å². The maximum atomic E-state index is 10.5. The van der Waals surface area contributed by atoms with Gasteiger partial charge < -0.3 is 4.42 Å². The minimum absolute atomic E-state index is 0.275. The number of hydrogen-bond donors (Lipinski definition) is 1. The van der Waals surface area contributed by atoms with Crippen molar-refractivity contribution in [2.45, 2.75) is 19.8 Å². The monoisotopic (exact) mass is 281 g/mol. The molecule has 0 atom stereocenters. The van der Waals surface area contributed by atoms with Gasteiger partial charge in [-0.1, -0.05) is 6.92 Å². The van der Waals surface area contributed by atoms with E-state index in [1.807, 2.05) is 6.92 Å². The van der Waals surface area contributed by atoms with Crippen LogP contribution in [-0.2, 0) is 6.42 Å². The molecular weight excluding hydrogens is 270 g/mol. The van der Waals surface area contributed by atoms with Crippen molar-refractivity contribution in [2.75, 3.05) is 0 Å². The number of hydrogen-bond acceptors (Lipinski definition) is 6. The summed E-state index contributed by atoms with van der Waals surface area (Å²) in [5, 5.41) is 21.3. The maximum Gasteiger partial charge on any atom is 0.433 e. The zero-order chi connectivity index (χ0) is 13.8. The molecule has 0 bridgehead atoms. The second-order valence-corrected chi connectivity index (χ2v) is 4.07. The summed E-state index contributed by atoms with van der Waals surface area (Å²) in [6.45, 7) is 2.02. The van der Waals surface area contributed by atoms with Crippen LogP contribution in [0.4, 0.5) is 5.88 Å². The Kier molecular flexibility index (Phi) is 3.85. The lowest BCUT2D eigenvalue weighted by Crippen LogP contribution is -1.98. The number of aromatic amines is 1. The van der Waals surface area contributed by atoms with Gasteiger partial charge in [-0.25, -0.2) is 0 Å². The fraction of sp³-hybridized carbons (Fsp3) is 0.300. The highest BCUT2D eigenvalue weighted by Gasteiger charge is 2.10. The molecule has 2 rings (SSSR count). The van der Waals surface area contributed by atoms with Crippen LogP contribution in [-0.4, -0.2) is 26.0 Å². The number of rotatable bonds is 5. The highest BCUT2D eigenvalue weighted by Crippen LogP contribution is 2.14. The molecule has 0 amide bonds. The second-order valence-electron chi connectivity index (χ2n) is 3.68. The van der Waals surface area contributed by atoms with E-state index in [0.29, 0.717) is 10.6 Å². The first-order valence-corrected chi connectivity index (χ1v) is 5.97. The largest absolute Gasteiger partial charge is 0.433 e. The van der Waals surface area contributed by atoms with Crippen molar-refractivity contribution in [1.29, 1.82) is 0 Å². The maximum absolute atomic E-state index is 10.5. The van der Waals surface area contributed by atoms with Crippen LogP contribution in [0.5, 0.6) is 0 Å². The zero-order valence-electron chi connectivity index (χ0n) is 10.1. The van der Waals surface area contributed by atoms with Crippen molar-refractivity contribution in [3.05, 3.63) is 38.6 Å². The van der Waals surface area contributed by atoms with Gasteiger partial charge in [0.25, 0.3) is 0 Å². The molecule has 0 saturated heterocycles. The van der Waals surface area contributed by atoms with Crippen LogP contribution in [0, 0.1) is 14.9 Å². The van der Waals surface area contributed by atoms with Gasteiger partial charge in [-0.15, -0.1) is 0 Å². The third-order valence-corrected chi connectivity index (χ3v) is 2.55. The minimum Gasteiger partial charge on any atom is -0.400 e. The average Bonchev–Trinajstić information content (AvgIpc) is 2.96. The van der Waals surface area contributed by atoms with Crippen molar-refractivity contribution in [3.63, 3.8) is 0 Å². The third-order valence-electron chi connectivity index (χ3n) is 2.28. The Balaban J connectivity index is 2.24. The van der Waals surface area contributed by atoms with Crippen LogP contribution in [0.3, 0.4) is 0 Å². The first kappa shape index (κ1) is 13.1. The molecule has 0 spiro atoms. The first-order valence-electron chi connectivity index (χ1n) is 5.56. The van der Waals surface area contributed by atoms with E-state index in [4.69, 9.17) is 16.6 Å². The van der Waals surface area contributed by atoms with E-state index >= 15 is 0 Å². The fourth-order valence-electron chi connectivity index (χ4n) is 1.45. The molecule has 100 valence electrons. The van der Waals surface area contributed by atoms with Gasteiger partial charge in [0.15, 0.2) is 11.6 Å². The summed E-state index contributed by atoms with van der Waals surface area (Å²) in [5.74, 6) is 0.646. The van der Waals surface area contributed by atoms with Crippen molar-refractivity contribution in [1.82, 2.24) is 14.9 Å². The molecule has 2 heterocycles. The predicted octanol–water partition coefficient (Wildman–Crippen LogP) is 2.28. The molecule has 19 heavy (non-hydrogen) atoms. The van der Waals surface area contributed by atoms with E-state index in [1.165, 1.54) is 23.0 Å². The van der Waals surface area contributed by atoms with Crippen LogP contribution < -0.4 is 0 Å². The number of aromatic nitrogens is 3. The van der Waals surface area contributed by atoms with E-state index in [1.54, 1.807) is 0 Å². The van der Waals surface area contributed by atoms with Crippen molar-refractivity contribution < 1.29 is 9.34 Å². The van der Waals surface area contributed by atoms with Crippen LogP contribution in [0.1, 0.15) is 24.9 Å². The highest BCUT2D eigenvalue weighted by atomic mass is 32.1. The molecule has 0 aliphatic carbocycles. The van der Waals surface area contributed by atoms with Gasteiger partial charge in [0, 0.05) is 6.42 Å². The summed E-state index contributed by atoms with van der Waals surface area (Å²) >= 11 is 5.04. The minimum atomic E-state index is -0.608. The summed E-state index contributed by atoms with van der Waals surface area (Å²) in [6.07, 6.45) is 2.99. The Morgan fingerprint density at radius 3 is 3.11 bits per heavy atom. The highest BCUT2D eigenvalue weighted by molar-refractivity contribution is 7.71. The lowest BCUT2D eigenvalue weighted by Gasteiger charge is -1.96. The number of furan rings is 1. The molecular formula is C10H11N5O3S. The van der Waals surface area contributed by atoms with Crippen molar-refractivity contribution in [2.24, 2.45) is 5.10 Å². The van der Waals surface area contributed by atoms with Crippen molar-refractivity contribution in [3.8, 4) is 0 Å². The van der Waals surface area contributed by atoms with Gasteiger partial charge in [-0.3, -0.25) is 15.2 Å². The van der Waals surface area contributed by atoms with E-state index in [0.717, 1.165) is 12.8 Å². The number of aryl methyl sites for hydroxylation is 1. The Bertz CT molecular complexity index is 669. The summed E-state index contributed by atoms with van der Waals surface area (Å²) in [6, 6.07) is 2.73. The Hall–Kier alpha value is -2.29. The third kappa shape index (κ3) is 2.94. The van der Waals surface area contributed by atoms with Crippen LogP contribution >= 0.6 is 12.2 Å². The molecule has 2 aromatic heterocycles. The summed E-state index contributed by atoms with van der Waals surface area (Å²) in [4.78, 5) is 9.86. The standard InChI is InChI=1S/C10H11N5O3S/c1-2-3-8-12-13-10(19)14(8)11-6-7-4-5-9(18-7)15(16)17/h4-6H,2-3H2,1H3,(H,13,19)/b11-6-. The molecule has 8 nitrogen and oxygen atoms in total. The van der Waals surface area contributed by atoms with Gasteiger partial charge in [0.05, 0.1) is 12.3 Å². The van der Waals surface area contributed by atoms with Crippen LogP contribution in [0.25, 0.3) is 0 Å². The smallest absolute Gasteiger partial charge is 0.400 e. The molecule has 0 aromatic carbocycles. The number of nitrogens with one attached hydrogen (secondary N) is 1. The molecule has 0 aliphatic heterocycles. The van der Waals surface area contributed by atoms with E-state index in [9.17, 15) is 10.1 Å². The Morgan fingerprint density at radius 1 is 1.68 bits per heavy atom. The molecule has 0 fully saturated rings. The zero-order valence-corrected chi connectivity index (χ0v) is 10.9. The molecule has 0 aliphatic rings. The van der Waals surface area contributed by atoms with Gasteiger partial charge >= 0.3 is 5.88 Å². The van der Waals surface area contributed by atoms with Gasteiger partial charge in [-0.05, 0) is 24.7 Å². The van der Waals surface area contributed by atoms with Gasteiger partial charge in [-0.2, -0.15) is 14.9 Å². The number of nitrogens with zero attached hydrogens (tertiary/aromatic N) is 4. The Morgan fingerprint density at radius 2 is 2.47 bits per heavy atom. The lowest BCUT2D eigenvalue weighted by molar-refractivity contribution is -0.402. The molecule has 2 aromatic rings. The van der Waals surface area contributed by atoms with Crippen molar-refractivity contribution >= 4 is 24.3 Å². The summed E-state index contributed by atoms with van der Waals surface area (Å²) < 4.78 is 6.78. The Labute approximate surface area is 112 Å². The molecule has 1 N–H and O–H groups in total. The van der Waals surface area contributed by atoms with Crippen LogP contribution in [0.2, 0.25) is 0 Å². The summed E-state index contributed by atoms with van der Waals surface area (Å²) in [7, 11) is 0. The molecule has 9 heteroatoms. The molecule has 0 unspecified atom stereocenters. The van der Waals surface area contributed by atoms with Gasteiger partial charge in [0.1, 0.15) is 4.92 Å². The quantitative estimate of drug-likeness (QED) is 0.392. The summed E-state index contributed by atoms with van der Waals surface area (Å²) in [5.41, 5.74) is 0. The van der Waals surface area contributed by atoms with Gasteiger partial charge in [0.2, 0.25) is 4.77 Å². The second kappa shape index (κ2) is 5.57. The predicted molar refractivity (Wildman–Crippen MR) is 69.8 cm³/mol.